The minimum atomic E-state index is -0.593. The van der Waals surface area contributed by atoms with Gasteiger partial charge < -0.3 is 4.42 Å². The van der Waals surface area contributed by atoms with E-state index in [9.17, 15) is 14.9 Å². The first-order chi connectivity index (χ1) is 14.7. The van der Waals surface area contributed by atoms with Gasteiger partial charge in [0.15, 0.2) is 0 Å². The van der Waals surface area contributed by atoms with Crippen LogP contribution in [0.15, 0.2) is 63.6 Å². The molecule has 4 rings (SSSR count). The Hall–Kier alpha value is -3.42. The maximum absolute atomic E-state index is 12.9. The molecule has 0 radical (unpaired) electrons. The van der Waals surface area contributed by atoms with Crippen LogP contribution in [0.3, 0.4) is 0 Å². The van der Waals surface area contributed by atoms with Crippen LogP contribution in [0.1, 0.15) is 18.2 Å². The number of hydrogen-bond donors (Lipinski definition) is 0. The lowest BCUT2D eigenvalue weighted by molar-refractivity contribution is -0.384. The Morgan fingerprint density at radius 2 is 1.77 bits per heavy atom. The van der Waals surface area contributed by atoms with E-state index in [1.165, 1.54) is 17.1 Å². The predicted molar refractivity (Wildman–Crippen MR) is 121 cm³/mol. The molecule has 2 heterocycles. The third-order valence-corrected chi connectivity index (χ3v) is 5.37. The van der Waals surface area contributed by atoms with E-state index in [0.29, 0.717) is 34.1 Å². The number of aryl methyl sites for hydroxylation is 1. The number of amides is 1. The van der Waals surface area contributed by atoms with Crippen molar-refractivity contribution < 1.29 is 14.1 Å². The van der Waals surface area contributed by atoms with Gasteiger partial charge in [0.25, 0.3) is 11.6 Å². The van der Waals surface area contributed by atoms with Gasteiger partial charge in [0.2, 0.25) is 0 Å². The van der Waals surface area contributed by atoms with Crippen LogP contribution in [-0.4, -0.2) is 16.5 Å². The maximum Gasteiger partial charge on any atom is 0.288 e. The second kappa shape index (κ2) is 8.02. The number of carbonyl (C=O) groups excluding carboxylic acids is 1. The predicted octanol–water partition coefficient (Wildman–Crippen LogP) is 6.28. The number of hydrazone groups is 1. The minimum absolute atomic E-state index is 0.0627. The molecule has 1 aliphatic rings. The lowest BCUT2D eigenvalue weighted by atomic mass is 10.1. The molecule has 0 aliphatic carbocycles. The van der Waals surface area contributed by atoms with Gasteiger partial charge in [0.05, 0.1) is 26.9 Å². The number of carbonyl (C=O) groups is 1. The monoisotopic (exact) mass is 455 g/mol. The highest BCUT2D eigenvalue weighted by molar-refractivity contribution is 6.37. The van der Waals surface area contributed by atoms with Crippen LogP contribution in [0.2, 0.25) is 10.0 Å². The van der Waals surface area contributed by atoms with E-state index in [4.69, 9.17) is 27.6 Å². The fraction of sp³-hybridized carbons (Fsp3) is 0.0909. The van der Waals surface area contributed by atoms with E-state index in [0.717, 1.165) is 5.56 Å². The average molecular weight is 456 g/mol. The van der Waals surface area contributed by atoms with Crippen LogP contribution < -0.4 is 5.01 Å². The van der Waals surface area contributed by atoms with E-state index in [1.807, 2.05) is 31.2 Å². The van der Waals surface area contributed by atoms with Crippen molar-refractivity contribution in [2.75, 3.05) is 5.01 Å². The van der Waals surface area contributed by atoms with Crippen LogP contribution >= 0.6 is 23.2 Å². The van der Waals surface area contributed by atoms with Crippen molar-refractivity contribution in [1.29, 1.82) is 0 Å². The van der Waals surface area contributed by atoms with E-state index < -0.39 is 4.92 Å². The summed E-state index contributed by atoms with van der Waals surface area (Å²) in [5.74, 6) is 0.416. The lowest BCUT2D eigenvalue weighted by Crippen LogP contribution is -2.21. The van der Waals surface area contributed by atoms with E-state index >= 15 is 0 Å². The summed E-state index contributed by atoms with van der Waals surface area (Å²) >= 11 is 12.1. The first-order valence-corrected chi connectivity index (χ1v) is 9.92. The largest absolute Gasteiger partial charge is 0.457 e. The van der Waals surface area contributed by atoms with E-state index in [2.05, 4.69) is 5.10 Å². The Labute approximate surface area is 187 Å². The molecule has 1 aliphatic heterocycles. The van der Waals surface area contributed by atoms with Crippen LogP contribution in [0.5, 0.6) is 0 Å². The molecule has 31 heavy (non-hydrogen) atoms. The van der Waals surface area contributed by atoms with Crippen molar-refractivity contribution >= 4 is 52.3 Å². The Morgan fingerprint density at radius 1 is 1.06 bits per heavy atom. The van der Waals surface area contributed by atoms with E-state index in [1.54, 1.807) is 25.1 Å². The Kier molecular flexibility index (Phi) is 5.39. The summed E-state index contributed by atoms with van der Waals surface area (Å²) in [6, 6.07) is 13.3. The number of nitrogens with zero attached hydrogens (tertiary/aromatic N) is 3. The highest BCUT2D eigenvalue weighted by Crippen LogP contribution is 2.37. The highest BCUT2D eigenvalue weighted by Gasteiger charge is 2.29. The van der Waals surface area contributed by atoms with Gasteiger partial charge in [-0.25, -0.2) is 0 Å². The van der Waals surface area contributed by atoms with Crippen molar-refractivity contribution in [2.24, 2.45) is 5.10 Å². The quantitative estimate of drug-likeness (QED) is 0.263. The van der Waals surface area contributed by atoms with Crippen molar-refractivity contribution in [2.45, 2.75) is 13.8 Å². The number of hydrogen-bond acceptors (Lipinski definition) is 5. The molecule has 0 N–H and O–H groups in total. The number of nitro groups is 1. The first-order valence-electron chi connectivity index (χ1n) is 9.16. The van der Waals surface area contributed by atoms with Crippen LogP contribution in [0.25, 0.3) is 17.4 Å². The standard InChI is InChI=1S/C22H15Cl2N3O4/c1-12-3-5-14(6-4-12)26-22(28)16(13(2)25-26)9-15-7-8-21(31-15)17-10-20(27(29)30)19(24)11-18(17)23/h3-11H,1-2H3/b16-9+. The topological polar surface area (TPSA) is 89.0 Å². The molecule has 9 heteroatoms. The molecule has 7 nitrogen and oxygen atoms in total. The number of rotatable bonds is 4. The molecule has 2 aromatic carbocycles. The Balaban J connectivity index is 1.65. The maximum atomic E-state index is 12.9. The number of benzene rings is 2. The molecular weight excluding hydrogens is 441 g/mol. The molecular formula is C22H15Cl2N3O4. The third kappa shape index (κ3) is 3.97. The van der Waals surface area contributed by atoms with Gasteiger partial charge in [0.1, 0.15) is 16.5 Å². The highest BCUT2D eigenvalue weighted by atomic mass is 35.5. The fourth-order valence-corrected chi connectivity index (χ4v) is 3.67. The molecule has 0 saturated heterocycles. The molecule has 0 atom stereocenters. The molecule has 0 bridgehead atoms. The van der Waals surface area contributed by atoms with E-state index in [-0.39, 0.29) is 21.6 Å². The zero-order chi connectivity index (χ0) is 22.3. The van der Waals surface area contributed by atoms with Gasteiger partial charge in [-0.3, -0.25) is 14.9 Å². The summed E-state index contributed by atoms with van der Waals surface area (Å²) in [6.45, 7) is 3.70. The zero-order valence-electron chi connectivity index (χ0n) is 16.4. The summed E-state index contributed by atoms with van der Waals surface area (Å²) in [5, 5.41) is 17.0. The minimum Gasteiger partial charge on any atom is -0.457 e. The number of nitro benzene ring substituents is 1. The van der Waals surface area contributed by atoms with Gasteiger partial charge >= 0.3 is 0 Å². The van der Waals surface area contributed by atoms with Gasteiger partial charge in [-0.2, -0.15) is 10.1 Å². The fourth-order valence-electron chi connectivity index (χ4n) is 3.13. The molecule has 0 spiro atoms. The van der Waals surface area contributed by atoms with Gasteiger partial charge in [-0.1, -0.05) is 40.9 Å². The molecule has 0 unspecified atom stereocenters. The van der Waals surface area contributed by atoms with Crippen LogP contribution in [-0.2, 0) is 4.79 Å². The average Bonchev–Trinajstić information content (AvgIpc) is 3.28. The Bertz CT molecular complexity index is 1280. The lowest BCUT2D eigenvalue weighted by Gasteiger charge is -2.11. The summed E-state index contributed by atoms with van der Waals surface area (Å²) < 4.78 is 5.79. The molecule has 1 amide bonds. The SMILES string of the molecule is CC1=NN(c2ccc(C)cc2)C(=O)/C1=C/c1ccc(-c2cc([N+](=O)[O-])c(Cl)cc2Cl)o1. The molecule has 156 valence electrons. The number of anilines is 1. The molecule has 0 saturated carbocycles. The molecule has 0 fully saturated rings. The number of halogens is 2. The number of furan rings is 1. The van der Waals surface area contributed by atoms with Gasteiger partial charge in [-0.05, 0) is 50.3 Å². The van der Waals surface area contributed by atoms with Crippen molar-refractivity contribution in [3.8, 4) is 11.3 Å². The third-order valence-electron chi connectivity index (χ3n) is 4.75. The summed E-state index contributed by atoms with van der Waals surface area (Å²) in [6.07, 6.45) is 1.58. The first kappa shape index (κ1) is 20.8. The smallest absolute Gasteiger partial charge is 0.288 e. The van der Waals surface area contributed by atoms with Crippen LogP contribution in [0, 0.1) is 17.0 Å². The molecule has 1 aromatic heterocycles. The van der Waals surface area contributed by atoms with Gasteiger partial charge in [-0.15, -0.1) is 0 Å². The van der Waals surface area contributed by atoms with Crippen molar-refractivity contribution in [3.05, 3.63) is 85.6 Å². The second-order valence-corrected chi connectivity index (χ2v) is 7.75. The van der Waals surface area contributed by atoms with Crippen molar-refractivity contribution in [3.63, 3.8) is 0 Å². The Morgan fingerprint density at radius 3 is 2.45 bits per heavy atom. The summed E-state index contributed by atoms with van der Waals surface area (Å²) in [7, 11) is 0. The summed E-state index contributed by atoms with van der Waals surface area (Å²) in [4.78, 5) is 23.5. The summed E-state index contributed by atoms with van der Waals surface area (Å²) in [5.41, 5.74) is 2.72. The zero-order valence-corrected chi connectivity index (χ0v) is 17.9. The van der Waals surface area contributed by atoms with Gasteiger partial charge in [0, 0.05) is 11.6 Å². The normalized spacial score (nSPS) is 15.0. The van der Waals surface area contributed by atoms with Crippen molar-refractivity contribution in [1.82, 2.24) is 0 Å². The molecule has 3 aromatic rings. The van der Waals surface area contributed by atoms with Crippen LogP contribution in [0.4, 0.5) is 11.4 Å². The second-order valence-electron chi connectivity index (χ2n) is 6.94.